The Balaban J connectivity index is 2.25. The first-order chi connectivity index (χ1) is 7.66. The van der Waals surface area contributed by atoms with E-state index in [1.807, 2.05) is 0 Å². The summed E-state index contributed by atoms with van der Waals surface area (Å²) in [5.41, 5.74) is -0.0585. The molecule has 2 rings (SSSR count). The van der Waals surface area contributed by atoms with Crippen LogP contribution in [0.5, 0.6) is 11.6 Å². The number of aromatic nitrogens is 2. The number of nitrogens with zero attached hydrogens (tertiary/aromatic N) is 3. The van der Waals surface area contributed by atoms with Gasteiger partial charge in [0, 0.05) is 6.07 Å². The molecule has 0 fully saturated rings. The summed E-state index contributed by atoms with van der Waals surface area (Å²) in [7, 11) is 0. The van der Waals surface area contributed by atoms with Gasteiger partial charge >= 0.3 is 0 Å². The molecule has 0 unspecified atom stereocenters. The molecule has 0 radical (unpaired) electrons. The van der Waals surface area contributed by atoms with E-state index < -0.39 is 4.92 Å². The lowest BCUT2D eigenvalue weighted by Crippen LogP contribution is -1.89. The molecule has 0 saturated heterocycles. The molecular weight excluding hydrogens is 254 g/mol. The highest BCUT2D eigenvalue weighted by molar-refractivity contribution is 6.99. The first kappa shape index (κ1) is 10.8. The maximum Gasteiger partial charge on any atom is 0.273 e. The molecule has 1 aromatic carbocycles. The smallest absolute Gasteiger partial charge is 0.273 e. The minimum Gasteiger partial charge on any atom is -0.435 e. The summed E-state index contributed by atoms with van der Waals surface area (Å²) in [6, 6.07) is 5.74. The fourth-order valence-corrected chi connectivity index (χ4v) is 1.62. The van der Waals surface area contributed by atoms with Crippen LogP contribution in [0.2, 0.25) is 5.15 Å². The summed E-state index contributed by atoms with van der Waals surface area (Å²) in [5, 5.41) is 10.7. The largest absolute Gasteiger partial charge is 0.435 e. The van der Waals surface area contributed by atoms with Crippen LogP contribution in [0.25, 0.3) is 0 Å². The van der Waals surface area contributed by atoms with E-state index >= 15 is 0 Å². The highest BCUT2D eigenvalue weighted by Crippen LogP contribution is 2.28. The molecule has 16 heavy (non-hydrogen) atoms. The molecule has 0 spiro atoms. The van der Waals surface area contributed by atoms with Crippen molar-refractivity contribution in [3.8, 4) is 11.6 Å². The minimum atomic E-state index is -0.506. The average molecular weight is 258 g/mol. The van der Waals surface area contributed by atoms with Gasteiger partial charge in [0.25, 0.3) is 11.6 Å². The van der Waals surface area contributed by atoms with Crippen LogP contribution in [0.15, 0.2) is 24.3 Å². The van der Waals surface area contributed by atoms with E-state index in [9.17, 15) is 10.1 Å². The van der Waals surface area contributed by atoms with Crippen molar-refractivity contribution in [2.45, 2.75) is 0 Å². The third-order valence-corrected chi connectivity index (χ3v) is 2.52. The lowest BCUT2D eigenvalue weighted by Gasteiger charge is -2.00. The molecule has 0 atom stereocenters. The van der Waals surface area contributed by atoms with Crippen molar-refractivity contribution < 1.29 is 9.66 Å². The predicted octanol–water partition coefficient (Wildman–Crippen LogP) is 2.89. The van der Waals surface area contributed by atoms with Gasteiger partial charge in [-0.15, -0.1) is 4.37 Å². The van der Waals surface area contributed by atoms with Gasteiger partial charge in [-0.05, 0) is 6.07 Å². The van der Waals surface area contributed by atoms with Gasteiger partial charge in [0.05, 0.1) is 22.7 Å². The minimum absolute atomic E-state index is 0.0585. The second kappa shape index (κ2) is 4.42. The zero-order chi connectivity index (χ0) is 11.5. The van der Waals surface area contributed by atoms with E-state index in [1.165, 1.54) is 18.2 Å². The van der Waals surface area contributed by atoms with Gasteiger partial charge in [-0.1, -0.05) is 17.7 Å². The number of non-ortho nitro benzene ring substituents is 1. The maximum absolute atomic E-state index is 10.5. The molecule has 2 aromatic rings. The fourth-order valence-electron chi connectivity index (χ4n) is 1.00. The first-order valence-corrected chi connectivity index (χ1v) is 5.18. The molecule has 8 heteroatoms. The quantitative estimate of drug-likeness (QED) is 0.624. The van der Waals surface area contributed by atoms with Crippen LogP contribution in [0.1, 0.15) is 0 Å². The van der Waals surface area contributed by atoms with Crippen LogP contribution in [-0.4, -0.2) is 13.7 Å². The molecule has 0 saturated carbocycles. The third kappa shape index (κ3) is 2.26. The highest BCUT2D eigenvalue weighted by Gasteiger charge is 2.11. The van der Waals surface area contributed by atoms with Crippen LogP contribution in [-0.2, 0) is 0 Å². The molecule has 0 aliphatic heterocycles. The third-order valence-electron chi connectivity index (χ3n) is 1.66. The Morgan fingerprint density at radius 3 is 2.88 bits per heavy atom. The number of halogens is 1. The summed E-state index contributed by atoms with van der Waals surface area (Å²) < 4.78 is 12.7. The SMILES string of the molecule is O=[N+]([O-])c1cccc(Oc2nsnc2Cl)c1. The van der Waals surface area contributed by atoms with Crippen LogP contribution in [0, 0.1) is 10.1 Å². The Kier molecular flexibility index (Phi) is 2.97. The molecule has 1 aromatic heterocycles. The lowest BCUT2D eigenvalue weighted by molar-refractivity contribution is -0.384. The van der Waals surface area contributed by atoms with Crippen molar-refractivity contribution in [2.24, 2.45) is 0 Å². The van der Waals surface area contributed by atoms with Crippen LogP contribution < -0.4 is 4.74 Å². The monoisotopic (exact) mass is 257 g/mol. The molecule has 0 bridgehead atoms. The lowest BCUT2D eigenvalue weighted by atomic mass is 10.3. The van der Waals surface area contributed by atoms with Gasteiger partial charge in [0.15, 0.2) is 0 Å². The van der Waals surface area contributed by atoms with Crippen molar-refractivity contribution in [1.82, 2.24) is 8.75 Å². The van der Waals surface area contributed by atoms with Gasteiger partial charge in [-0.2, -0.15) is 4.37 Å². The van der Waals surface area contributed by atoms with Gasteiger partial charge < -0.3 is 4.74 Å². The Labute approximate surface area is 98.9 Å². The van der Waals surface area contributed by atoms with Crippen molar-refractivity contribution in [2.75, 3.05) is 0 Å². The maximum atomic E-state index is 10.5. The highest BCUT2D eigenvalue weighted by atomic mass is 35.5. The summed E-state index contributed by atoms with van der Waals surface area (Å²) >= 11 is 6.58. The van der Waals surface area contributed by atoms with E-state index in [1.54, 1.807) is 6.07 Å². The van der Waals surface area contributed by atoms with E-state index in [0.29, 0.717) is 5.75 Å². The molecule has 6 nitrogen and oxygen atoms in total. The number of hydrogen-bond acceptors (Lipinski definition) is 6. The molecule has 0 N–H and O–H groups in total. The number of ether oxygens (including phenoxy) is 1. The van der Waals surface area contributed by atoms with Crippen LogP contribution in [0.4, 0.5) is 5.69 Å². The Hall–Kier alpha value is -1.73. The van der Waals surface area contributed by atoms with E-state index in [4.69, 9.17) is 16.3 Å². The Morgan fingerprint density at radius 1 is 1.44 bits per heavy atom. The summed E-state index contributed by atoms with van der Waals surface area (Å²) in [6.07, 6.45) is 0. The zero-order valence-electron chi connectivity index (χ0n) is 7.66. The van der Waals surface area contributed by atoms with E-state index in [0.717, 1.165) is 11.7 Å². The Bertz CT molecular complexity index is 531. The van der Waals surface area contributed by atoms with Gasteiger partial charge in [0.1, 0.15) is 5.75 Å². The summed E-state index contributed by atoms with van der Waals surface area (Å²) in [5.74, 6) is 0.441. The van der Waals surface area contributed by atoms with E-state index in [2.05, 4.69) is 8.75 Å². The van der Waals surface area contributed by atoms with E-state index in [-0.39, 0.29) is 16.7 Å². The number of benzene rings is 1. The molecule has 82 valence electrons. The average Bonchev–Trinajstić information content (AvgIpc) is 2.65. The number of nitro benzene ring substituents is 1. The number of hydrogen-bond donors (Lipinski definition) is 0. The topological polar surface area (TPSA) is 78.2 Å². The standard InChI is InChI=1S/C8H4ClN3O3S/c9-7-8(11-16-10-7)15-6-3-1-2-5(4-6)12(13)14/h1-4H. The van der Waals surface area contributed by atoms with Crippen molar-refractivity contribution in [3.05, 3.63) is 39.5 Å². The van der Waals surface area contributed by atoms with Gasteiger partial charge in [-0.3, -0.25) is 10.1 Å². The van der Waals surface area contributed by atoms with Gasteiger partial charge in [-0.25, -0.2) is 0 Å². The molecule has 0 aliphatic rings. The van der Waals surface area contributed by atoms with Crippen molar-refractivity contribution in [1.29, 1.82) is 0 Å². The summed E-state index contributed by atoms with van der Waals surface area (Å²) in [6.45, 7) is 0. The molecule has 1 heterocycles. The molecule has 0 amide bonds. The summed E-state index contributed by atoms with van der Waals surface area (Å²) in [4.78, 5) is 10.0. The first-order valence-electron chi connectivity index (χ1n) is 4.07. The van der Waals surface area contributed by atoms with Crippen LogP contribution in [0.3, 0.4) is 0 Å². The number of rotatable bonds is 3. The molecule has 0 aliphatic carbocycles. The zero-order valence-corrected chi connectivity index (χ0v) is 9.23. The normalized spacial score (nSPS) is 10.1. The second-order valence-electron chi connectivity index (χ2n) is 2.72. The second-order valence-corrected chi connectivity index (χ2v) is 3.60. The van der Waals surface area contributed by atoms with Crippen molar-refractivity contribution >= 4 is 29.0 Å². The van der Waals surface area contributed by atoms with Gasteiger partial charge in [0.2, 0.25) is 5.15 Å². The van der Waals surface area contributed by atoms with Crippen molar-refractivity contribution in [3.63, 3.8) is 0 Å². The predicted molar refractivity (Wildman–Crippen MR) is 58.1 cm³/mol. The fraction of sp³-hybridized carbons (Fsp3) is 0. The number of nitro groups is 1. The Morgan fingerprint density at radius 2 is 2.25 bits per heavy atom. The molecular formula is C8H4ClN3O3S. The van der Waals surface area contributed by atoms with Crippen LogP contribution >= 0.6 is 23.3 Å².